The lowest BCUT2D eigenvalue weighted by Crippen LogP contribution is -2.24. The van der Waals surface area contributed by atoms with Crippen LogP contribution in [0.25, 0.3) is 0 Å². The zero-order valence-corrected chi connectivity index (χ0v) is 15.0. The van der Waals surface area contributed by atoms with E-state index in [1.165, 1.54) is 24.9 Å². The van der Waals surface area contributed by atoms with Crippen LogP contribution in [0.4, 0.5) is 8.78 Å². The first-order valence-electron chi connectivity index (χ1n) is 8.11. The van der Waals surface area contributed by atoms with E-state index in [1.54, 1.807) is 18.3 Å². The van der Waals surface area contributed by atoms with Crippen LogP contribution in [0.2, 0.25) is 0 Å². The fraction of sp³-hybridized carbons (Fsp3) is 0.412. The molecule has 140 valence electrons. The molecule has 9 heteroatoms. The molecule has 6 nitrogen and oxygen atoms in total. The number of hydrogen-bond donors (Lipinski definition) is 1. The van der Waals surface area contributed by atoms with Gasteiger partial charge in [-0.15, -0.1) is 0 Å². The smallest absolute Gasteiger partial charge is 0.387 e. The number of aromatic nitrogens is 2. The summed E-state index contributed by atoms with van der Waals surface area (Å²) in [5, 5.41) is 3.64. The van der Waals surface area contributed by atoms with Crippen LogP contribution in [0.1, 0.15) is 24.4 Å². The van der Waals surface area contributed by atoms with Crippen LogP contribution in [0.15, 0.2) is 35.7 Å². The molecule has 1 aromatic heterocycles. The lowest BCUT2D eigenvalue weighted by atomic mass is 10.2. The summed E-state index contributed by atoms with van der Waals surface area (Å²) in [6.45, 7) is -2.66. The van der Waals surface area contributed by atoms with Gasteiger partial charge < -0.3 is 19.4 Å². The van der Waals surface area contributed by atoms with E-state index in [0.29, 0.717) is 6.04 Å². The van der Waals surface area contributed by atoms with Crippen LogP contribution in [-0.2, 0) is 11.3 Å². The van der Waals surface area contributed by atoms with Crippen molar-refractivity contribution in [1.29, 1.82) is 0 Å². The highest BCUT2D eigenvalue weighted by Gasteiger charge is 2.25. The third kappa shape index (κ3) is 4.87. The van der Waals surface area contributed by atoms with Crippen molar-refractivity contribution >= 4 is 17.7 Å². The monoisotopic (exact) mass is 383 g/mol. The summed E-state index contributed by atoms with van der Waals surface area (Å²) in [6, 6.07) is 5.08. The number of nitrogens with zero attached hydrogens (tertiary/aromatic N) is 2. The van der Waals surface area contributed by atoms with Gasteiger partial charge in [-0.3, -0.25) is 4.79 Å². The van der Waals surface area contributed by atoms with Gasteiger partial charge in [-0.25, -0.2) is 4.98 Å². The summed E-state index contributed by atoms with van der Waals surface area (Å²) in [4.78, 5) is 16.3. The molecule has 1 fully saturated rings. The van der Waals surface area contributed by atoms with Gasteiger partial charge in [0.15, 0.2) is 16.7 Å². The molecule has 0 bridgehead atoms. The lowest BCUT2D eigenvalue weighted by molar-refractivity contribution is -0.118. The second kappa shape index (κ2) is 8.39. The standard InChI is InChI=1S/C17H19F2N3O3S/c1-24-14-8-11(2-5-13(14)25-16(18)19)9-21-15(23)10-26-17-20-6-7-22(17)12-3-4-12/h2,5-8,12,16H,3-4,9-10H2,1H3,(H,21,23). The molecule has 0 atom stereocenters. The molecule has 0 aliphatic heterocycles. The van der Waals surface area contributed by atoms with Crippen molar-refractivity contribution in [1.82, 2.24) is 14.9 Å². The number of hydrogen-bond acceptors (Lipinski definition) is 5. The molecular formula is C17H19F2N3O3S. The number of nitrogens with one attached hydrogen (secondary N) is 1. The number of halogens is 2. The van der Waals surface area contributed by atoms with E-state index < -0.39 is 6.61 Å². The first-order valence-corrected chi connectivity index (χ1v) is 9.09. The largest absolute Gasteiger partial charge is 0.493 e. The summed E-state index contributed by atoms with van der Waals surface area (Å²) in [5.41, 5.74) is 0.723. The molecule has 0 saturated heterocycles. The van der Waals surface area contributed by atoms with E-state index in [2.05, 4.69) is 19.6 Å². The summed E-state index contributed by atoms with van der Waals surface area (Å²) >= 11 is 1.39. The molecule has 1 aliphatic carbocycles. The maximum absolute atomic E-state index is 12.3. The minimum Gasteiger partial charge on any atom is -0.493 e. The van der Waals surface area contributed by atoms with Gasteiger partial charge in [-0.05, 0) is 30.5 Å². The molecule has 3 rings (SSSR count). The Labute approximate surface area is 153 Å². The Hall–Kier alpha value is -2.29. The number of carbonyl (C=O) groups excluding carboxylic acids is 1. The number of benzene rings is 1. The van der Waals surface area contributed by atoms with Gasteiger partial charge in [0.1, 0.15) is 0 Å². The van der Waals surface area contributed by atoms with Gasteiger partial charge in [0, 0.05) is 25.0 Å². The number of carbonyl (C=O) groups is 1. The van der Waals surface area contributed by atoms with Gasteiger partial charge in [0.05, 0.1) is 12.9 Å². The number of imidazole rings is 1. The highest BCUT2D eigenvalue weighted by atomic mass is 32.2. The molecule has 1 heterocycles. The molecule has 1 aliphatic rings. The van der Waals surface area contributed by atoms with Crippen molar-refractivity contribution in [2.24, 2.45) is 0 Å². The predicted octanol–water partition coefficient (Wildman–Crippen LogP) is 3.24. The average molecular weight is 383 g/mol. The zero-order chi connectivity index (χ0) is 18.5. The molecule has 0 radical (unpaired) electrons. The minimum absolute atomic E-state index is 0.0416. The molecule has 1 amide bonds. The summed E-state index contributed by atoms with van der Waals surface area (Å²) in [7, 11) is 1.37. The van der Waals surface area contributed by atoms with Crippen molar-refractivity contribution in [3.8, 4) is 11.5 Å². The van der Waals surface area contributed by atoms with Crippen molar-refractivity contribution in [2.45, 2.75) is 37.2 Å². The highest BCUT2D eigenvalue weighted by molar-refractivity contribution is 7.99. The number of rotatable bonds is 9. The first-order chi connectivity index (χ1) is 12.6. The Morgan fingerprint density at radius 2 is 2.23 bits per heavy atom. The fourth-order valence-corrected chi connectivity index (χ4v) is 3.30. The Kier molecular flexibility index (Phi) is 5.97. The summed E-state index contributed by atoms with van der Waals surface area (Å²) in [6.07, 6.45) is 5.99. The van der Waals surface area contributed by atoms with Crippen LogP contribution in [0, 0.1) is 0 Å². The van der Waals surface area contributed by atoms with Crippen molar-refractivity contribution in [3.63, 3.8) is 0 Å². The van der Waals surface area contributed by atoms with Crippen molar-refractivity contribution in [2.75, 3.05) is 12.9 Å². The molecule has 26 heavy (non-hydrogen) atoms. The number of alkyl halides is 2. The maximum atomic E-state index is 12.3. The van der Waals surface area contributed by atoms with Crippen LogP contribution in [0.3, 0.4) is 0 Å². The molecule has 1 saturated carbocycles. The van der Waals surface area contributed by atoms with E-state index in [-0.39, 0.29) is 29.7 Å². The number of methoxy groups -OCH3 is 1. The Morgan fingerprint density at radius 1 is 1.42 bits per heavy atom. The predicted molar refractivity (Wildman–Crippen MR) is 92.7 cm³/mol. The maximum Gasteiger partial charge on any atom is 0.387 e. The van der Waals surface area contributed by atoms with Gasteiger partial charge >= 0.3 is 6.61 Å². The molecule has 0 spiro atoms. The van der Waals surface area contributed by atoms with Crippen molar-refractivity contribution < 1.29 is 23.0 Å². The number of amides is 1. The first kappa shape index (κ1) is 18.5. The lowest BCUT2D eigenvalue weighted by Gasteiger charge is -2.12. The average Bonchev–Trinajstić information content (AvgIpc) is 3.36. The second-order valence-corrected chi connectivity index (χ2v) is 6.72. The van der Waals surface area contributed by atoms with Gasteiger partial charge in [-0.1, -0.05) is 17.8 Å². The third-order valence-electron chi connectivity index (χ3n) is 3.84. The van der Waals surface area contributed by atoms with Crippen molar-refractivity contribution in [3.05, 3.63) is 36.2 Å². The summed E-state index contributed by atoms with van der Waals surface area (Å²) in [5.74, 6) is 0.276. The minimum atomic E-state index is -2.92. The van der Waals surface area contributed by atoms with Crippen LogP contribution in [0.5, 0.6) is 11.5 Å². The molecule has 2 aromatic rings. The number of ether oxygens (including phenoxy) is 2. The van der Waals surface area contributed by atoms with E-state index in [9.17, 15) is 13.6 Å². The Bertz CT molecular complexity index is 765. The fourth-order valence-electron chi connectivity index (χ4n) is 2.44. The molecular weight excluding hydrogens is 364 g/mol. The quantitative estimate of drug-likeness (QED) is 0.674. The van der Waals surface area contributed by atoms with E-state index in [4.69, 9.17) is 4.74 Å². The van der Waals surface area contributed by atoms with Crippen LogP contribution in [-0.4, -0.2) is 34.9 Å². The Balaban J connectivity index is 1.50. The number of thioether (sulfide) groups is 1. The normalized spacial score (nSPS) is 13.7. The van der Waals surface area contributed by atoms with E-state index in [0.717, 1.165) is 23.6 Å². The van der Waals surface area contributed by atoms with E-state index in [1.807, 2.05) is 6.20 Å². The molecule has 0 unspecified atom stereocenters. The van der Waals surface area contributed by atoms with Crippen LogP contribution >= 0.6 is 11.8 Å². The van der Waals surface area contributed by atoms with Gasteiger partial charge in [-0.2, -0.15) is 8.78 Å². The van der Waals surface area contributed by atoms with Gasteiger partial charge in [0.2, 0.25) is 5.91 Å². The molecule has 1 N–H and O–H groups in total. The Morgan fingerprint density at radius 3 is 2.92 bits per heavy atom. The zero-order valence-electron chi connectivity index (χ0n) is 14.2. The van der Waals surface area contributed by atoms with Crippen LogP contribution < -0.4 is 14.8 Å². The topological polar surface area (TPSA) is 65.4 Å². The second-order valence-electron chi connectivity index (χ2n) is 5.78. The van der Waals surface area contributed by atoms with E-state index >= 15 is 0 Å². The van der Waals surface area contributed by atoms with Gasteiger partial charge in [0.25, 0.3) is 0 Å². The highest BCUT2D eigenvalue weighted by Crippen LogP contribution is 2.37. The summed E-state index contributed by atoms with van der Waals surface area (Å²) < 4.78 is 36.2. The molecule has 1 aromatic carbocycles. The SMILES string of the molecule is COc1cc(CNC(=O)CSc2nccn2C2CC2)ccc1OC(F)F. The third-order valence-corrected chi connectivity index (χ3v) is 4.82.